The zero-order valence-corrected chi connectivity index (χ0v) is 19.8. The minimum Gasteiger partial charge on any atom is -0.300 e. The number of aromatic nitrogens is 4. The summed E-state index contributed by atoms with van der Waals surface area (Å²) in [5.41, 5.74) is 2.24. The Labute approximate surface area is 195 Å². The van der Waals surface area contributed by atoms with Gasteiger partial charge in [0.05, 0.1) is 16.6 Å². The SMILES string of the molecule is CCCCc1ccc(-n2c(SCc3cc(=O)n(C)c(=O)n3C)nc3ccccc3c2=O)cc1. The van der Waals surface area contributed by atoms with Crippen molar-refractivity contribution in [2.24, 2.45) is 14.1 Å². The topological polar surface area (TPSA) is 78.9 Å². The van der Waals surface area contributed by atoms with Gasteiger partial charge in [-0.3, -0.25) is 23.3 Å². The molecule has 0 unspecified atom stereocenters. The van der Waals surface area contributed by atoms with Crippen LogP contribution in [-0.4, -0.2) is 18.7 Å². The van der Waals surface area contributed by atoms with Gasteiger partial charge in [0.25, 0.3) is 11.1 Å². The summed E-state index contributed by atoms with van der Waals surface area (Å²) in [6, 6.07) is 16.7. The second-order valence-electron chi connectivity index (χ2n) is 7.99. The van der Waals surface area contributed by atoms with Gasteiger partial charge in [-0.15, -0.1) is 0 Å². The molecule has 0 fully saturated rings. The lowest BCUT2D eigenvalue weighted by Crippen LogP contribution is -2.37. The molecule has 4 aromatic rings. The van der Waals surface area contributed by atoms with Crippen LogP contribution in [0.2, 0.25) is 0 Å². The summed E-state index contributed by atoms with van der Waals surface area (Å²) in [7, 11) is 3.09. The molecule has 0 amide bonds. The van der Waals surface area contributed by atoms with Crippen molar-refractivity contribution < 1.29 is 0 Å². The average molecular weight is 463 g/mol. The second-order valence-corrected chi connectivity index (χ2v) is 8.93. The van der Waals surface area contributed by atoms with Crippen LogP contribution < -0.4 is 16.8 Å². The first-order chi connectivity index (χ1) is 15.9. The van der Waals surface area contributed by atoms with Crippen molar-refractivity contribution in [3.63, 3.8) is 0 Å². The van der Waals surface area contributed by atoms with Crippen molar-refractivity contribution >= 4 is 22.7 Å². The number of aryl methyl sites for hydroxylation is 1. The number of thioether (sulfide) groups is 1. The molecule has 170 valence electrons. The van der Waals surface area contributed by atoms with Gasteiger partial charge in [-0.05, 0) is 42.7 Å². The van der Waals surface area contributed by atoms with Crippen molar-refractivity contribution in [2.45, 2.75) is 37.1 Å². The molecule has 0 aliphatic carbocycles. The van der Waals surface area contributed by atoms with Crippen LogP contribution in [0.5, 0.6) is 0 Å². The summed E-state index contributed by atoms with van der Waals surface area (Å²) in [4.78, 5) is 42.6. The fraction of sp³-hybridized carbons (Fsp3) is 0.280. The minimum atomic E-state index is -0.385. The third kappa shape index (κ3) is 4.57. The van der Waals surface area contributed by atoms with E-state index in [-0.39, 0.29) is 16.8 Å². The van der Waals surface area contributed by atoms with Crippen LogP contribution in [0.25, 0.3) is 16.6 Å². The first-order valence-electron chi connectivity index (χ1n) is 10.9. The Kier molecular flexibility index (Phi) is 6.65. The first kappa shape index (κ1) is 22.8. The van der Waals surface area contributed by atoms with Gasteiger partial charge in [0, 0.05) is 31.6 Å². The van der Waals surface area contributed by atoms with Gasteiger partial charge in [-0.1, -0.05) is 49.4 Å². The molecule has 33 heavy (non-hydrogen) atoms. The van der Waals surface area contributed by atoms with Crippen LogP contribution in [0.1, 0.15) is 31.0 Å². The van der Waals surface area contributed by atoms with Crippen LogP contribution in [0.3, 0.4) is 0 Å². The van der Waals surface area contributed by atoms with E-state index in [1.54, 1.807) is 17.7 Å². The average Bonchev–Trinajstić information content (AvgIpc) is 2.83. The number of para-hydroxylation sites is 1. The van der Waals surface area contributed by atoms with Crippen molar-refractivity contribution in [1.29, 1.82) is 0 Å². The molecule has 0 spiro atoms. The fourth-order valence-electron chi connectivity index (χ4n) is 3.68. The van der Waals surface area contributed by atoms with E-state index in [1.165, 1.54) is 35.0 Å². The molecular weight excluding hydrogens is 436 g/mol. The quantitative estimate of drug-likeness (QED) is 0.311. The van der Waals surface area contributed by atoms with Gasteiger partial charge in [-0.25, -0.2) is 9.78 Å². The van der Waals surface area contributed by atoms with Crippen molar-refractivity contribution in [2.75, 3.05) is 0 Å². The highest BCUT2D eigenvalue weighted by atomic mass is 32.2. The van der Waals surface area contributed by atoms with Crippen LogP contribution in [0.4, 0.5) is 0 Å². The molecule has 0 radical (unpaired) electrons. The Balaban J connectivity index is 1.79. The molecule has 0 atom stereocenters. The number of nitrogens with zero attached hydrogens (tertiary/aromatic N) is 4. The van der Waals surface area contributed by atoms with Crippen LogP contribution in [0, 0.1) is 0 Å². The summed E-state index contributed by atoms with van der Waals surface area (Å²) >= 11 is 1.32. The molecule has 0 N–H and O–H groups in total. The molecule has 2 heterocycles. The highest BCUT2D eigenvalue weighted by Crippen LogP contribution is 2.24. The summed E-state index contributed by atoms with van der Waals surface area (Å²) in [5, 5.41) is 1.05. The molecule has 0 aliphatic rings. The monoisotopic (exact) mass is 462 g/mol. The molecule has 0 aliphatic heterocycles. The van der Waals surface area contributed by atoms with Crippen molar-refractivity contribution in [3.05, 3.63) is 97.0 Å². The second kappa shape index (κ2) is 9.62. The zero-order valence-electron chi connectivity index (χ0n) is 18.9. The van der Waals surface area contributed by atoms with Crippen molar-refractivity contribution in [3.8, 4) is 5.69 Å². The molecule has 0 saturated carbocycles. The van der Waals surface area contributed by atoms with Crippen LogP contribution >= 0.6 is 11.8 Å². The third-order valence-electron chi connectivity index (χ3n) is 5.73. The van der Waals surface area contributed by atoms with E-state index in [9.17, 15) is 14.4 Å². The lowest BCUT2D eigenvalue weighted by Gasteiger charge is -2.15. The Morgan fingerprint density at radius 2 is 1.67 bits per heavy atom. The highest BCUT2D eigenvalue weighted by Gasteiger charge is 2.15. The van der Waals surface area contributed by atoms with E-state index in [4.69, 9.17) is 4.98 Å². The molecule has 2 aromatic heterocycles. The minimum absolute atomic E-state index is 0.151. The Hall–Kier alpha value is -3.39. The molecule has 4 rings (SSSR count). The predicted molar refractivity (Wildman–Crippen MR) is 132 cm³/mol. The maximum Gasteiger partial charge on any atom is 0.330 e. The predicted octanol–water partition coefficient (Wildman–Crippen LogP) is 3.42. The van der Waals surface area contributed by atoms with E-state index in [1.807, 2.05) is 42.5 Å². The number of hydrogen-bond donors (Lipinski definition) is 0. The lowest BCUT2D eigenvalue weighted by atomic mass is 10.1. The molecule has 0 saturated heterocycles. The maximum absolute atomic E-state index is 13.4. The number of rotatable bonds is 7. The standard InChI is InChI=1S/C25H26N4O3S/c1-4-5-8-17-11-13-18(14-12-17)29-23(31)20-9-6-7-10-21(20)26-24(29)33-16-19-15-22(30)28(3)25(32)27(19)2/h6-7,9-15H,4-5,8,16H2,1-3H3. The maximum atomic E-state index is 13.4. The van der Waals surface area contributed by atoms with Crippen LogP contribution in [-0.2, 0) is 26.3 Å². The Morgan fingerprint density at radius 3 is 2.39 bits per heavy atom. The normalized spacial score (nSPS) is 11.2. The van der Waals surface area contributed by atoms with E-state index >= 15 is 0 Å². The highest BCUT2D eigenvalue weighted by molar-refractivity contribution is 7.98. The summed E-state index contributed by atoms with van der Waals surface area (Å²) in [6.07, 6.45) is 3.25. The lowest BCUT2D eigenvalue weighted by molar-refractivity contribution is 0.664. The van der Waals surface area contributed by atoms with Gasteiger partial charge in [0.1, 0.15) is 0 Å². The van der Waals surface area contributed by atoms with E-state index in [0.717, 1.165) is 29.5 Å². The molecular formula is C25H26N4O3S. The fourth-order valence-corrected chi connectivity index (χ4v) is 4.72. The molecule has 7 nitrogen and oxygen atoms in total. The van der Waals surface area contributed by atoms with Gasteiger partial charge in [0.15, 0.2) is 5.16 Å². The summed E-state index contributed by atoms with van der Waals surface area (Å²) in [5.74, 6) is 0.321. The largest absolute Gasteiger partial charge is 0.330 e. The summed E-state index contributed by atoms with van der Waals surface area (Å²) < 4.78 is 4.12. The van der Waals surface area contributed by atoms with Crippen molar-refractivity contribution in [1.82, 2.24) is 18.7 Å². The third-order valence-corrected chi connectivity index (χ3v) is 6.71. The van der Waals surface area contributed by atoms with Gasteiger partial charge < -0.3 is 0 Å². The molecule has 8 heteroatoms. The number of benzene rings is 2. The first-order valence-corrected chi connectivity index (χ1v) is 11.9. The van der Waals surface area contributed by atoms with Crippen LogP contribution in [0.15, 0.2) is 74.1 Å². The van der Waals surface area contributed by atoms with E-state index in [2.05, 4.69) is 6.92 Å². The van der Waals surface area contributed by atoms with Gasteiger partial charge >= 0.3 is 5.69 Å². The van der Waals surface area contributed by atoms with Gasteiger partial charge in [0.2, 0.25) is 0 Å². The van der Waals surface area contributed by atoms with Gasteiger partial charge in [-0.2, -0.15) is 0 Å². The Bertz CT molecular complexity index is 1480. The van der Waals surface area contributed by atoms with E-state index < -0.39 is 0 Å². The smallest absolute Gasteiger partial charge is 0.300 e. The zero-order chi connectivity index (χ0) is 23.5. The molecule has 0 bridgehead atoms. The molecule has 2 aromatic carbocycles. The van der Waals surface area contributed by atoms with E-state index in [0.29, 0.717) is 27.5 Å². The summed E-state index contributed by atoms with van der Waals surface area (Å²) in [6.45, 7) is 2.16. The number of unbranched alkanes of at least 4 members (excludes halogenated alkanes) is 1. The Morgan fingerprint density at radius 1 is 0.939 bits per heavy atom. The number of hydrogen-bond acceptors (Lipinski definition) is 5. The number of fused-ring (bicyclic) bond motifs is 1.